The van der Waals surface area contributed by atoms with E-state index < -0.39 is 0 Å². The molecule has 1 fully saturated rings. The number of piperidine rings is 1. The highest BCUT2D eigenvalue weighted by molar-refractivity contribution is 4.85. The molecule has 2 N–H and O–H groups in total. The standard InChI is InChI=1S/C13H26N6/c1-3-4-6-19-13(15-16-17-19)10-18-7-5-11(2)12(8-14)9-18/h11-12H,3-10,14H2,1-2H3. The van der Waals surface area contributed by atoms with Crippen LogP contribution < -0.4 is 5.73 Å². The fourth-order valence-electron chi connectivity index (χ4n) is 2.69. The van der Waals surface area contributed by atoms with Gasteiger partial charge in [-0.15, -0.1) is 5.10 Å². The van der Waals surface area contributed by atoms with Crippen LogP contribution in [0.2, 0.25) is 0 Å². The van der Waals surface area contributed by atoms with Gasteiger partial charge in [0.15, 0.2) is 5.82 Å². The number of hydrogen-bond acceptors (Lipinski definition) is 5. The third-order valence-corrected chi connectivity index (χ3v) is 4.20. The van der Waals surface area contributed by atoms with Crippen LogP contribution in [-0.2, 0) is 13.1 Å². The molecule has 0 aromatic carbocycles. The summed E-state index contributed by atoms with van der Waals surface area (Å²) in [5.41, 5.74) is 5.85. The molecule has 0 aliphatic carbocycles. The number of likely N-dealkylation sites (tertiary alicyclic amines) is 1. The summed E-state index contributed by atoms with van der Waals surface area (Å²) in [7, 11) is 0. The normalized spacial score (nSPS) is 24.8. The van der Waals surface area contributed by atoms with Crippen LogP contribution in [0.15, 0.2) is 0 Å². The summed E-state index contributed by atoms with van der Waals surface area (Å²) < 4.78 is 1.94. The number of nitrogens with zero attached hydrogens (tertiary/aromatic N) is 5. The van der Waals surface area contributed by atoms with Crippen molar-refractivity contribution in [2.45, 2.75) is 46.2 Å². The summed E-state index contributed by atoms with van der Waals surface area (Å²) in [5.74, 6) is 2.32. The molecule has 1 aromatic rings. The molecule has 108 valence electrons. The molecule has 2 unspecified atom stereocenters. The Morgan fingerprint density at radius 2 is 2.26 bits per heavy atom. The first-order chi connectivity index (χ1) is 9.24. The Hall–Kier alpha value is -1.01. The summed E-state index contributed by atoms with van der Waals surface area (Å²) in [6, 6.07) is 0. The smallest absolute Gasteiger partial charge is 0.165 e. The van der Waals surface area contributed by atoms with E-state index in [1.807, 2.05) is 4.68 Å². The Labute approximate surface area is 115 Å². The second-order valence-corrected chi connectivity index (χ2v) is 5.67. The average Bonchev–Trinajstić information content (AvgIpc) is 2.86. The third kappa shape index (κ3) is 3.73. The van der Waals surface area contributed by atoms with Crippen LogP contribution in [0.4, 0.5) is 0 Å². The van der Waals surface area contributed by atoms with Gasteiger partial charge in [0, 0.05) is 13.1 Å². The van der Waals surface area contributed by atoms with E-state index in [9.17, 15) is 0 Å². The maximum absolute atomic E-state index is 5.85. The van der Waals surface area contributed by atoms with E-state index in [2.05, 4.69) is 34.3 Å². The molecule has 19 heavy (non-hydrogen) atoms. The van der Waals surface area contributed by atoms with E-state index in [1.54, 1.807) is 0 Å². The zero-order valence-corrected chi connectivity index (χ0v) is 12.1. The van der Waals surface area contributed by atoms with Crippen LogP contribution in [0.5, 0.6) is 0 Å². The molecule has 1 aromatic heterocycles. The first-order valence-corrected chi connectivity index (χ1v) is 7.42. The summed E-state index contributed by atoms with van der Waals surface area (Å²) in [6.07, 6.45) is 3.51. The number of unbranched alkanes of at least 4 members (excludes halogenated alkanes) is 1. The van der Waals surface area contributed by atoms with Crippen molar-refractivity contribution in [3.8, 4) is 0 Å². The molecular weight excluding hydrogens is 240 g/mol. The Morgan fingerprint density at radius 3 is 3.00 bits per heavy atom. The van der Waals surface area contributed by atoms with Crippen molar-refractivity contribution >= 4 is 0 Å². The van der Waals surface area contributed by atoms with Crippen LogP contribution in [0.1, 0.15) is 38.9 Å². The number of nitrogens with two attached hydrogens (primary N) is 1. The minimum Gasteiger partial charge on any atom is -0.330 e. The molecule has 0 amide bonds. The Bertz CT molecular complexity index is 377. The number of tetrazole rings is 1. The Kier molecular flexibility index (Phi) is 5.27. The zero-order valence-electron chi connectivity index (χ0n) is 12.1. The van der Waals surface area contributed by atoms with Gasteiger partial charge in [-0.05, 0) is 48.2 Å². The molecule has 6 nitrogen and oxygen atoms in total. The van der Waals surface area contributed by atoms with Gasteiger partial charge in [0.1, 0.15) is 0 Å². The van der Waals surface area contributed by atoms with E-state index in [4.69, 9.17) is 5.73 Å². The predicted molar refractivity (Wildman–Crippen MR) is 74.3 cm³/mol. The van der Waals surface area contributed by atoms with Gasteiger partial charge in [0.05, 0.1) is 6.54 Å². The molecule has 0 saturated carbocycles. The first-order valence-electron chi connectivity index (χ1n) is 7.42. The monoisotopic (exact) mass is 266 g/mol. The van der Waals surface area contributed by atoms with Gasteiger partial charge in [0.25, 0.3) is 0 Å². The highest BCUT2D eigenvalue weighted by Gasteiger charge is 2.26. The summed E-state index contributed by atoms with van der Waals surface area (Å²) in [6.45, 7) is 9.22. The lowest BCUT2D eigenvalue weighted by Gasteiger charge is -2.36. The van der Waals surface area contributed by atoms with Crippen LogP contribution >= 0.6 is 0 Å². The average molecular weight is 266 g/mol. The molecule has 0 spiro atoms. The molecule has 2 heterocycles. The number of aryl methyl sites for hydroxylation is 1. The minimum absolute atomic E-state index is 0.605. The molecule has 0 radical (unpaired) electrons. The molecule has 2 rings (SSSR count). The lowest BCUT2D eigenvalue weighted by Crippen LogP contribution is -2.42. The fraction of sp³-hybridized carbons (Fsp3) is 0.923. The van der Waals surface area contributed by atoms with Gasteiger partial charge in [-0.2, -0.15) is 0 Å². The van der Waals surface area contributed by atoms with Gasteiger partial charge in [-0.3, -0.25) is 4.90 Å². The van der Waals surface area contributed by atoms with Gasteiger partial charge < -0.3 is 5.73 Å². The van der Waals surface area contributed by atoms with Crippen molar-refractivity contribution in [1.82, 2.24) is 25.1 Å². The van der Waals surface area contributed by atoms with Gasteiger partial charge in [0.2, 0.25) is 0 Å². The summed E-state index contributed by atoms with van der Waals surface area (Å²) in [5, 5.41) is 12.0. The van der Waals surface area contributed by atoms with Crippen LogP contribution in [0, 0.1) is 11.8 Å². The zero-order chi connectivity index (χ0) is 13.7. The molecule has 1 aliphatic heterocycles. The molecule has 0 bridgehead atoms. The Balaban J connectivity index is 1.92. The van der Waals surface area contributed by atoms with E-state index >= 15 is 0 Å². The van der Waals surface area contributed by atoms with Gasteiger partial charge in [-0.1, -0.05) is 20.3 Å². The van der Waals surface area contributed by atoms with Gasteiger partial charge in [-0.25, -0.2) is 4.68 Å². The first kappa shape index (κ1) is 14.4. The number of hydrogen-bond donors (Lipinski definition) is 1. The second kappa shape index (κ2) is 6.96. The van der Waals surface area contributed by atoms with E-state index in [0.717, 1.165) is 57.3 Å². The van der Waals surface area contributed by atoms with E-state index in [1.165, 1.54) is 6.42 Å². The van der Waals surface area contributed by atoms with Crippen molar-refractivity contribution in [2.24, 2.45) is 17.6 Å². The van der Waals surface area contributed by atoms with E-state index in [0.29, 0.717) is 5.92 Å². The quantitative estimate of drug-likeness (QED) is 0.828. The lowest BCUT2D eigenvalue weighted by molar-refractivity contribution is 0.122. The number of aromatic nitrogens is 4. The molecule has 1 aliphatic rings. The molecular formula is C13H26N6. The van der Waals surface area contributed by atoms with Crippen molar-refractivity contribution in [3.63, 3.8) is 0 Å². The molecule has 6 heteroatoms. The highest BCUT2D eigenvalue weighted by Crippen LogP contribution is 2.23. The van der Waals surface area contributed by atoms with Crippen molar-refractivity contribution < 1.29 is 0 Å². The van der Waals surface area contributed by atoms with Crippen LogP contribution in [-0.4, -0.2) is 44.7 Å². The summed E-state index contributed by atoms with van der Waals surface area (Å²) in [4.78, 5) is 2.44. The molecule has 1 saturated heterocycles. The topological polar surface area (TPSA) is 72.9 Å². The van der Waals surface area contributed by atoms with Gasteiger partial charge >= 0.3 is 0 Å². The molecule has 2 atom stereocenters. The number of rotatable bonds is 6. The minimum atomic E-state index is 0.605. The van der Waals surface area contributed by atoms with Crippen molar-refractivity contribution in [1.29, 1.82) is 0 Å². The SMILES string of the molecule is CCCCn1nnnc1CN1CCC(C)C(CN)C1. The lowest BCUT2D eigenvalue weighted by atomic mass is 9.87. The largest absolute Gasteiger partial charge is 0.330 e. The van der Waals surface area contributed by atoms with Crippen molar-refractivity contribution in [2.75, 3.05) is 19.6 Å². The van der Waals surface area contributed by atoms with Crippen molar-refractivity contribution in [3.05, 3.63) is 5.82 Å². The third-order valence-electron chi connectivity index (χ3n) is 4.20. The second-order valence-electron chi connectivity index (χ2n) is 5.67. The van der Waals surface area contributed by atoms with E-state index in [-0.39, 0.29) is 0 Å². The summed E-state index contributed by atoms with van der Waals surface area (Å²) >= 11 is 0. The maximum Gasteiger partial charge on any atom is 0.165 e. The van der Waals surface area contributed by atoms with Crippen LogP contribution in [0.25, 0.3) is 0 Å². The fourth-order valence-corrected chi connectivity index (χ4v) is 2.69. The van der Waals surface area contributed by atoms with Crippen LogP contribution in [0.3, 0.4) is 0 Å². The Morgan fingerprint density at radius 1 is 1.42 bits per heavy atom. The highest BCUT2D eigenvalue weighted by atomic mass is 15.5. The predicted octanol–water partition coefficient (Wildman–Crippen LogP) is 0.890. The maximum atomic E-state index is 5.85.